The molecule has 0 radical (unpaired) electrons. The minimum atomic E-state index is -5.59. The molecule has 10 N–H and O–H groups in total. The fourth-order valence-corrected chi connectivity index (χ4v) is 8.87. The molecule has 1 rings (SSSR count). The van der Waals surface area contributed by atoms with Crippen LogP contribution in [-0.2, 0) is 50.9 Å². The Bertz CT molecular complexity index is 1300. The summed E-state index contributed by atoms with van der Waals surface area (Å²) in [7, 11) is -16.6. The van der Waals surface area contributed by atoms with Crippen LogP contribution in [0.3, 0.4) is 0 Å². The highest BCUT2D eigenvalue weighted by Crippen LogP contribution is 2.51. The smallest absolute Gasteiger partial charge is 0.462 e. The van der Waals surface area contributed by atoms with Gasteiger partial charge in [0.15, 0.2) is 6.10 Å². The number of esters is 2. The minimum Gasteiger partial charge on any atom is -0.462 e. The molecule has 0 bridgehead atoms. The molecule has 1 fully saturated rings. The molecular formula is C37H74NO19P3. The molecule has 23 heteroatoms. The number of hydrogen-bond donors (Lipinski definition) is 9. The summed E-state index contributed by atoms with van der Waals surface area (Å²) >= 11 is 0. The van der Waals surface area contributed by atoms with E-state index in [2.05, 4.69) is 16.0 Å². The van der Waals surface area contributed by atoms with Gasteiger partial charge in [-0.1, -0.05) is 129 Å². The van der Waals surface area contributed by atoms with Crippen molar-refractivity contribution in [1.82, 2.24) is 0 Å². The van der Waals surface area contributed by atoms with E-state index in [0.29, 0.717) is 19.4 Å². The molecule has 356 valence electrons. The number of hydrogen-bond acceptors (Lipinski definition) is 15. The summed E-state index contributed by atoms with van der Waals surface area (Å²) in [6.45, 7) is 1.41. The van der Waals surface area contributed by atoms with Gasteiger partial charge in [-0.05, 0) is 25.8 Å². The summed E-state index contributed by atoms with van der Waals surface area (Å²) < 4.78 is 65.2. The van der Waals surface area contributed by atoms with Gasteiger partial charge in [0.05, 0.1) is 6.61 Å². The lowest BCUT2D eigenvalue weighted by Crippen LogP contribution is -2.65. The van der Waals surface area contributed by atoms with Crippen LogP contribution >= 0.6 is 23.5 Å². The predicted molar refractivity (Wildman–Crippen MR) is 219 cm³/mol. The topological polar surface area (TPSA) is 329 Å². The Labute approximate surface area is 354 Å². The Morgan fingerprint density at radius 2 is 0.900 bits per heavy atom. The van der Waals surface area contributed by atoms with Gasteiger partial charge in [-0.25, -0.2) is 13.7 Å². The van der Waals surface area contributed by atoms with E-state index in [-0.39, 0.29) is 12.8 Å². The monoisotopic (exact) mass is 929 g/mol. The van der Waals surface area contributed by atoms with E-state index in [1.54, 1.807) is 0 Å². The number of phosphoric acid groups is 3. The van der Waals surface area contributed by atoms with Crippen molar-refractivity contribution in [2.24, 2.45) is 5.73 Å². The lowest BCUT2D eigenvalue weighted by Gasteiger charge is -2.44. The Morgan fingerprint density at radius 3 is 1.33 bits per heavy atom. The number of phosphoric ester groups is 3. The largest absolute Gasteiger partial charge is 0.472 e. The fraction of sp³-hybridized carbons (Fsp3) is 0.946. The van der Waals surface area contributed by atoms with Crippen LogP contribution in [0.15, 0.2) is 0 Å². The van der Waals surface area contributed by atoms with E-state index in [9.17, 15) is 63.1 Å². The first kappa shape index (κ1) is 57.1. The molecule has 0 aromatic heterocycles. The summed E-state index contributed by atoms with van der Waals surface area (Å²) in [6, 6.07) is 0. The number of aliphatic hydroxyl groups is 3. The van der Waals surface area contributed by atoms with Crippen molar-refractivity contribution in [3.8, 4) is 0 Å². The number of carbonyl (C=O) groups excluding carboxylic acids is 2. The summed E-state index contributed by atoms with van der Waals surface area (Å²) in [6.07, 6.45) is 6.80. The zero-order chi connectivity index (χ0) is 45.0. The highest BCUT2D eigenvalue weighted by atomic mass is 31.2. The zero-order valence-electron chi connectivity index (χ0n) is 35.1. The summed E-state index contributed by atoms with van der Waals surface area (Å²) in [5.41, 5.74) is 5.52. The zero-order valence-corrected chi connectivity index (χ0v) is 37.8. The van der Waals surface area contributed by atoms with Gasteiger partial charge in [-0.15, -0.1) is 0 Å². The first-order valence-electron chi connectivity index (χ1n) is 21.5. The third kappa shape index (κ3) is 28.0. The normalized spacial score (nSPS) is 22.6. The summed E-state index contributed by atoms with van der Waals surface area (Å²) in [4.78, 5) is 72.8. The van der Waals surface area contributed by atoms with Gasteiger partial charge in [0, 0.05) is 12.8 Å². The van der Waals surface area contributed by atoms with Crippen molar-refractivity contribution in [2.45, 2.75) is 204 Å². The third-order valence-electron chi connectivity index (χ3n) is 10.0. The van der Waals surface area contributed by atoms with E-state index < -0.39 is 91.3 Å². The average Bonchev–Trinajstić information content (AvgIpc) is 3.16. The molecule has 1 aliphatic rings. The van der Waals surface area contributed by atoms with Crippen LogP contribution in [0, 0.1) is 0 Å². The lowest BCUT2D eigenvalue weighted by atomic mass is 9.85. The molecule has 0 aliphatic heterocycles. The first-order chi connectivity index (χ1) is 28.3. The van der Waals surface area contributed by atoms with Gasteiger partial charge >= 0.3 is 35.4 Å². The van der Waals surface area contributed by atoms with E-state index in [0.717, 1.165) is 83.5 Å². The number of ether oxygens (including phenoxy) is 2. The lowest BCUT2D eigenvalue weighted by molar-refractivity contribution is -0.213. The summed E-state index contributed by atoms with van der Waals surface area (Å²) in [5, 5.41) is 31.7. The van der Waals surface area contributed by atoms with Crippen LogP contribution in [0.4, 0.5) is 0 Å². The van der Waals surface area contributed by atoms with Gasteiger partial charge in [0.25, 0.3) is 0 Å². The van der Waals surface area contributed by atoms with Crippen molar-refractivity contribution >= 4 is 35.4 Å². The van der Waals surface area contributed by atoms with Crippen molar-refractivity contribution in [3.05, 3.63) is 0 Å². The van der Waals surface area contributed by atoms with Crippen molar-refractivity contribution in [1.29, 1.82) is 0 Å². The maximum Gasteiger partial charge on any atom is 0.472 e. The predicted octanol–water partition coefficient (Wildman–Crippen LogP) is 5.34. The fourth-order valence-electron chi connectivity index (χ4n) is 6.77. The Balaban J connectivity index is 2.79. The highest BCUT2D eigenvalue weighted by Gasteiger charge is 2.56. The number of unbranched alkanes of at least 4 members (excludes halogenated alkanes) is 20. The number of carbonyl (C=O) groups is 2. The quantitative estimate of drug-likeness (QED) is 0.0216. The molecule has 0 saturated heterocycles. The molecule has 1 aliphatic carbocycles. The van der Waals surface area contributed by atoms with Crippen LogP contribution in [0.25, 0.3) is 0 Å². The van der Waals surface area contributed by atoms with E-state index >= 15 is 0 Å². The van der Waals surface area contributed by atoms with Gasteiger partial charge in [0.1, 0.15) is 43.2 Å². The second-order valence-corrected chi connectivity index (χ2v) is 19.2. The molecule has 60 heavy (non-hydrogen) atoms. The number of aliphatic hydroxyl groups excluding tert-OH is 3. The molecular weight excluding hydrogens is 855 g/mol. The van der Waals surface area contributed by atoms with Crippen LogP contribution in [-0.4, -0.2) is 114 Å². The van der Waals surface area contributed by atoms with Crippen LogP contribution in [0.5, 0.6) is 0 Å². The van der Waals surface area contributed by atoms with Crippen LogP contribution < -0.4 is 5.73 Å². The molecule has 0 aromatic rings. The van der Waals surface area contributed by atoms with Gasteiger partial charge in [0.2, 0.25) is 0 Å². The van der Waals surface area contributed by atoms with Crippen molar-refractivity contribution in [3.63, 3.8) is 0 Å². The van der Waals surface area contributed by atoms with E-state index in [4.69, 9.17) is 24.3 Å². The number of nitrogens with two attached hydrogens (primary N) is 1. The molecule has 0 amide bonds. The molecule has 0 spiro atoms. The minimum absolute atomic E-state index is 0.000330. The highest BCUT2D eigenvalue weighted by molar-refractivity contribution is 7.47. The molecule has 8 atom stereocenters. The third-order valence-corrected chi connectivity index (χ3v) is 12.0. The molecule has 1 unspecified atom stereocenters. The van der Waals surface area contributed by atoms with Gasteiger partial charge in [-0.3, -0.25) is 27.7 Å². The van der Waals surface area contributed by atoms with Crippen LogP contribution in [0.1, 0.15) is 161 Å². The van der Waals surface area contributed by atoms with E-state index in [1.165, 1.54) is 44.9 Å². The number of rotatable bonds is 37. The second kappa shape index (κ2) is 31.9. The van der Waals surface area contributed by atoms with Gasteiger partial charge in [-0.2, -0.15) is 0 Å². The van der Waals surface area contributed by atoms with E-state index in [1.807, 2.05) is 0 Å². The maximum absolute atomic E-state index is 13.0. The van der Waals surface area contributed by atoms with Crippen molar-refractivity contribution in [2.75, 3.05) is 19.8 Å². The Morgan fingerprint density at radius 1 is 0.517 bits per heavy atom. The summed E-state index contributed by atoms with van der Waals surface area (Å²) in [5.74, 6) is -1.31. The average molecular weight is 930 g/mol. The van der Waals surface area contributed by atoms with Crippen LogP contribution in [0.2, 0.25) is 0 Å². The maximum atomic E-state index is 13.0. The standard InChI is InChI=1S/C37H74NO19P3/c1-2-3-4-5-6-7-8-9-10-12-16-19-22-25-31(40)54-29(27-52-30(39)24-21-18-15-13-11-14-17-20-23-26-38)28-53-60(50,51)57-35-32(41)33(42)36(55-58(44,45)46)37(34(35)43)56-59(47,48)49/h29,32-37,41-43H,2-28,38H2,1H3,(H,50,51)(H2,44,45,46)(H2,47,48,49)/t29-,32-,33-,34+,35+,36+,37+/m1/s1. The molecule has 0 aromatic carbocycles. The van der Waals surface area contributed by atoms with Crippen molar-refractivity contribution < 1.29 is 90.6 Å². The Kier molecular flexibility index (Phi) is 30.3. The first-order valence-corrected chi connectivity index (χ1v) is 26.1. The molecule has 20 nitrogen and oxygen atoms in total. The molecule has 0 heterocycles. The molecule has 1 saturated carbocycles. The second-order valence-electron chi connectivity index (χ2n) is 15.4. The SMILES string of the molecule is CCCCCCCCCCCCCCCC(=O)O[C@H](COC(=O)CCCCCCCCCCCN)COP(=O)(O)O[C@H]1[C@H](O)[C@@H](O)[C@H](OP(=O)(O)O)[C@@H](OP(=O)(O)O)[C@H]1O. The van der Waals surface area contributed by atoms with Gasteiger partial charge < -0.3 is 55.0 Å². The Hall–Kier alpha value is -0.890.